The first-order chi connectivity index (χ1) is 13.4. The van der Waals surface area contributed by atoms with E-state index in [0.717, 1.165) is 30.2 Å². The molecule has 1 aliphatic rings. The van der Waals surface area contributed by atoms with Crippen LogP contribution in [0.3, 0.4) is 0 Å². The molecule has 0 bridgehead atoms. The molecule has 2 unspecified atom stereocenters. The van der Waals surface area contributed by atoms with Crippen molar-refractivity contribution in [2.24, 2.45) is 5.92 Å². The molecule has 1 amide bonds. The lowest BCUT2D eigenvalue weighted by atomic mass is 9.90. The maximum atomic E-state index is 12.4. The molecule has 0 aromatic carbocycles. The summed E-state index contributed by atoms with van der Waals surface area (Å²) in [5, 5.41) is 23.6. The third kappa shape index (κ3) is 4.74. The summed E-state index contributed by atoms with van der Waals surface area (Å²) in [6.07, 6.45) is 2.22. The number of carbonyl (C=O) groups excluding carboxylic acids is 1. The number of thioether (sulfide) groups is 1. The Morgan fingerprint density at radius 2 is 2.39 bits per heavy atom. The van der Waals surface area contributed by atoms with Gasteiger partial charge >= 0.3 is 0 Å². The van der Waals surface area contributed by atoms with Gasteiger partial charge in [-0.15, -0.1) is 21.5 Å². The van der Waals surface area contributed by atoms with E-state index in [1.807, 2.05) is 35.9 Å². The predicted octanol–water partition coefficient (Wildman–Crippen LogP) is 3.33. The molecule has 9 heteroatoms. The van der Waals surface area contributed by atoms with Crippen LogP contribution in [0.1, 0.15) is 33.6 Å². The molecule has 7 nitrogen and oxygen atoms in total. The zero-order chi connectivity index (χ0) is 20.1. The molecule has 3 rings (SSSR count). The first kappa shape index (κ1) is 20.8. The summed E-state index contributed by atoms with van der Waals surface area (Å²) in [6.45, 7) is 7.04. The molecule has 2 aromatic heterocycles. The lowest BCUT2D eigenvalue weighted by molar-refractivity contribution is -0.120. The SMILES string of the molecule is CC(C)C(C)(C#N)NC(=O)CSc1nnc(-c2cccs2)n1CC1CCCO1. The summed E-state index contributed by atoms with van der Waals surface area (Å²) in [6, 6.07) is 6.20. The third-order valence-electron chi connectivity index (χ3n) is 4.99. The fraction of sp³-hybridized carbons (Fsp3) is 0.579. The molecule has 3 heterocycles. The highest BCUT2D eigenvalue weighted by molar-refractivity contribution is 7.99. The number of hydrogen-bond acceptors (Lipinski definition) is 7. The van der Waals surface area contributed by atoms with Crippen LogP contribution in [0.5, 0.6) is 0 Å². The summed E-state index contributed by atoms with van der Waals surface area (Å²) < 4.78 is 7.84. The zero-order valence-corrected chi connectivity index (χ0v) is 18.0. The molecule has 1 saturated heterocycles. The van der Waals surface area contributed by atoms with E-state index in [4.69, 9.17) is 4.74 Å². The monoisotopic (exact) mass is 419 g/mol. The summed E-state index contributed by atoms with van der Waals surface area (Å²) in [5.74, 6) is 0.808. The normalized spacial score (nSPS) is 18.8. The van der Waals surface area contributed by atoms with E-state index in [-0.39, 0.29) is 23.7 Å². The number of ether oxygens (including phenoxy) is 1. The van der Waals surface area contributed by atoms with Crippen molar-refractivity contribution in [3.63, 3.8) is 0 Å². The van der Waals surface area contributed by atoms with E-state index in [1.54, 1.807) is 18.3 Å². The van der Waals surface area contributed by atoms with Crippen LogP contribution in [-0.2, 0) is 16.1 Å². The Labute approximate surface area is 173 Å². The van der Waals surface area contributed by atoms with Gasteiger partial charge in [-0.05, 0) is 37.1 Å². The second kappa shape index (κ2) is 9.07. The van der Waals surface area contributed by atoms with Gasteiger partial charge in [-0.3, -0.25) is 9.36 Å². The first-order valence-electron chi connectivity index (χ1n) is 9.36. The Morgan fingerprint density at radius 1 is 1.57 bits per heavy atom. The molecular formula is C19H25N5O2S2. The smallest absolute Gasteiger partial charge is 0.231 e. The average Bonchev–Trinajstić information content (AvgIpc) is 3.42. The Morgan fingerprint density at radius 3 is 3.00 bits per heavy atom. The Bertz CT molecular complexity index is 837. The molecule has 0 saturated carbocycles. The van der Waals surface area contributed by atoms with E-state index >= 15 is 0 Å². The molecular weight excluding hydrogens is 394 g/mol. The van der Waals surface area contributed by atoms with Crippen molar-refractivity contribution in [3.8, 4) is 16.8 Å². The molecule has 1 N–H and O–H groups in total. The fourth-order valence-electron chi connectivity index (χ4n) is 2.90. The van der Waals surface area contributed by atoms with E-state index in [2.05, 4.69) is 21.6 Å². The van der Waals surface area contributed by atoms with Crippen molar-refractivity contribution >= 4 is 29.0 Å². The van der Waals surface area contributed by atoms with Gasteiger partial charge in [0.2, 0.25) is 5.91 Å². The minimum Gasteiger partial charge on any atom is -0.376 e. The van der Waals surface area contributed by atoms with E-state index in [9.17, 15) is 10.1 Å². The van der Waals surface area contributed by atoms with Gasteiger partial charge in [-0.1, -0.05) is 31.7 Å². The van der Waals surface area contributed by atoms with Crippen molar-refractivity contribution in [3.05, 3.63) is 17.5 Å². The maximum Gasteiger partial charge on any atom is 0.231 e. The highest BCUT2D eigenvalue weighted by Crippen LogP contribution is 2.29. The van der Waals surface area contributed by atoms with Crippen LogP contribution in [0.25, 0.3) is 10.7 Å². The van der Waals surface area contributed by atoms with Gasteiger partial charge in [-0.2, -0.15) is 5.26 Å². The molecule has 0 spiro atoms. The number of carbonyl (C=O) groups is 1. The molecule has 0 radical (unpaired) electrons. The molecule has 28 heavy (non-hydrogen) atoms. The van der Waals surface area contributed by atoms with Crippen molar-refractivity contribution in [1.82, 2.24) is 20.1 Å². The molecule has 2 atom stereocenters. The summed E-state index contributed by atoms with van der Waals surface area (Å²) >= 11 is 2.95. The van der Waals surface area contributed by atoms with Gasteiger partial charge in [0.25, 0.3) is 0 Å². The van der Waals surface area contributed by atoms with E-state index < -0.39 is 5.54 Å². The maximum absolute atomic E-state index is 12.4. The van der Waals surface area contributed by atoms with Gasteiger partial charge in [0.15, 0.2) is 11.0 Å². The Hall–Kier alpha value is -1.89. The van der Waals surface area contributed by atoms with Gasteiger partial charge in [0.1, 0.15) is 5.54 Å². The number of hydrogen-bond donors (Lipinski definition) is 1. The minimum absolute atomic E-state index is 0.0139. The molecule has 1 fully saturated rings. The second-order valence-corrected chi connectivity index (χ2v) is 9.23. The van der Waals surface area contributed by atoms with Crippen molar-refractivity contribution in [2.45, 2.75) is 57.0 Å². The van der Waals surface area contributed by atoms with Gasteiger partial charge < -0.3 is 10.1 Å². The topological polar surface area (TPSA) is 92.8 Å². The van der Waals surface area contributed by atoms with Gasteiger partial charge in [0, 0.05) is 6.61 Å². The van der Waals surface area contributed by atoms with E-state index in [0.29, 0.717) is 11.7 Å². The van der Waals surface area contributed by atoms with Crippen LogP contribution in [0.2, 0.25) is 0 Å². The third-order valence-corrected chi connectivity index (χ3v) is 6.82. The van der Waals surface area contributed by atoms with Crippen LogP contribution >= 0.6 is 23.1 Å². The Kier molecular flexibility index (Phi) is 6.75. The van der Waals surface area contributed by atoms with Crippen molar-refractivity contribution < 1.29 is 9.53 Å². The molecule has 0 aliphatic carbocycles. The molecule has 2 aromatic rings. The number of amides is 1. The van der Waals surface area contributed by atoms with E-state index in [1.165, 1.54) is 11.8 Å². The number of nitriles is 1. The Balaban J connectivity index is 1.72. The second-order valence-electron chi connectivity index (χ2n) is 7.33. The van der Waals surface area contributed by atoms with Gasteiger partial charge in [-0.25, -0.2) is 0 Å². The lowest BCUT2D eigenvalue weighted by Gasteiger charge is -2.27. The highest BCUT2D eigenvalue weighted by Gasteiger charge is 2.30. The average molecular weight is 420 g/mol. The number of rotatable bonds is 8. The number of nitrogens with zero attached hydrogens (tertiary/aromatic N) is 4. The number of aromatic nitrogens is 3. The summed E-state index contributed by atoms with van der Waals surface area (Å²) in [5.41, 5.74) is -0.884. The summed E-state index contributed by atoms with van der Waals surface area (Å²) in [4.78, 5) is 13.5. The van der Waals surface area contributed by atoms with Crippen LogP contribution in [0.15, 0.2) is 22.7 Å². The largest absolute Gasteiger partial charge is 0.376 e. The molecule has 1 aliphatic heterocycles. The quantitative estimate of drug-likeness (QED) is 0.660. The highest BCUT2D eigenvalue weighted by atomic mass is 32.2. The zero-order valence-electron chi connectivity index (χ0n) is 16.3. The lowest BCUT2D eigenvalue weighted by Crippen LogP contribution is -2.49. The standard InChI is InChI=1S/C19H25N5O2S2/c1-13(2)19(3,12-20)21-16(25)11-28-18-23-22-17(15-7-5-9-27-15)24(18)10-14-6-4-8-26-14/h5,7,9,13-14H,4,6,8,10-11H2,1-3H3,(H,21,25). The fourth-order valence-corrected chi connectivity index (χ4v) is 4.36. The minimum atomic E-state index is -0.884. The predicted molar refractivity (Wildman–Crippen MR) is 110 cm³/mol. The van der Waals surface area contributed by atoms with Crippen molar-refractivity contribution in [2.75, 3.05) is 12.4 Å². The van der Waals surface area contributed by atoms with Crippen LogP contribution in [0, 0.1) is 17.2 Å². The van der Waals surface area contributed by atoms with Crippen LogP contribution < -0.4 is 5.32 Å². The van der Waals surface area contributed by atoms with Crippen molar-refractivity contribution in [1.29, 1.82) is 5.26 Å². The van der Waals surface area contributed by atoms with Crippen LogP contribution in [-0.4, -0.2) is 44.7 Å². The number of nitrogens with one attached hydrogen (secondary N) is 1. The van der Waals surface area contributed by atoms with Gasteiger partial charge in [0.05, 0.1) is 29.3 Å². The first-order valence-corrected chi connectivity index (χ1v) is 11.2. The summed E-state index contributed by atoms with van der Waals surface area (Å²) in [7, 11) is 0. The van der Waals surface area contributed by atoms with Crippen LogP contribution in [0.4, 0.5) is 0 Å². The number of thiophene rings is 1. The molecule has 150 valence electrons.